The highest BCUT2D eigenvalue weighted by Gasteiger charge is 2.22. The predicted molar refractivity (Wildman–Crippen MR) is 51.6 cm³/mol. The summed E-state index contributed by atoms with van der Waals surface area (Å²) in [4.78, 5) is 11.5. The fraction of sp³-hybridized carbons (Fsp3) is 0.444. The minimum Gasteiger partial charge on any atom is -0.506 e. The lowest BCUT2D eigenvalue weighted by atomic mass is 9.95. The number of thiophene rings is 1. The van der Waals surface area contributed by atoms with Gasteiger partial charge in [-0.05, 0) is 11.5 Å². The zero-order valence-electron chi connectivity index (χ0n) is 7.79. The van der Waals surface area contributed by atoms with Crippen LogP contribution >= 0.6 is 11.3 Å². The molecule has 1 aromatic rings. The van der Waals surface area contributed by atoms with Crippen LogP contribution in [-0.2, 0) is 5.41 Å². The zero-order valence-corrected chi connectivity index (χ0v) is 8.60. The molecule has 0 aliphatic heterocycles. The van der Waals surface area contributed by atoms with Crippen molar-refractivity contribution in [1.29, 1.82) is 0 Å². The van der Waals surface area contributed by atoms with Crippen LogP contribution < -0.4 is 0 Å². The predicted octanol–water partition coefficient (Wildman–Crippen LogP) is 2.45. The fourth-order valence-corrected chi connectivity index (χ4v) is 1.85. The standard InChI is InChI=1S/C9H12O3S/c1-9(2,3)6-4-5(10)7(13-6)8(11)12/h4,10H,1-3H3,(H,11,12). The van der Waals surface area contributed by atoms with Crippen molar-refractivity contribution in [2.75, 3.05) is 0 Å². The number of carboxylic acids is 1. The van der Waals surface area contributed by atoms with E-state index in [9.17, 15) is 9.90 Å². The van der Waals surface area contributed by atoms with Crippen molar-refractivity contribution in [2.45, 2.75) is 26.2 Å². The Kier molecular flexibility index (Phi) is 2.34. The summed E-state index contributed by atoms with van der Waals surface area (Å²) in [5.74, 6) is -1.21. The van der Waals surface area contributed by atoms with Gasteiger partial charge in [0.1, 0.15) is 5.75 Å². The van der Waals surface area contributed by atoms with Crippen LogP contribution in [0.3, 0.4) is 0 Å². The van der Waals surface area contributed by atoms with Gasteiger partial charge in [-0.3, -0.25) is 0 Å². The van der Waals surface area contributed by atoms with Crippen molar-refractivity contribution in [3.63, 3.8) is 0 Å². The Balaban J connectivity index is 3.17. The van der Waals surface area contributed by atoms with E-state index in [1.165, 1.54) is 6.07 Å². The molecule has 0 fully saturated rings. The Morgan fingerprint density at radius 1 is 1.46 bits per heavy atom. The van der Waals surface area contributed by atoms with Gasteiger partial charge in [0.2, 0.25) is 0 Å². The molecule has 2 N–H and O–H groups in total. The normalized spacial score (nSPS) is 11.6. The molecule has 1 aromatic heterocycles. The Bertz CT molecular complexity index is 333. The summed E-state index contributed by atoms with van der Waals surface area (Å²) in [7, 11) is 0. The molecule has 0 unspecified atom stereocenters. The molecule has 0 spiro atoms. The van der Waals surface area contributed by atoms with Crippen LogP contribution in [0.2, 0.25) is 0 Å². The third kappa shape index (κ3) is 2.01. The number of carboxylic acid groups (broad SMARTS) is 1. The number of rotatable bonds is 1. The first-order chi connectivity index (χ1) is 5.82. The maximum absolute atomic E-state index is 10.6. The Morgan fingerprint density at radius 3 is 2.23 bits per heavy atom. The van der Waals surface area contributed by atoms with Gasteiger partial charge in [0.05, 0.1) is 0 Å². The Labute approximate surface area is 80.6 Å². The van der Waals surface area contributed by atoms with Crippen LogP contribution in [0.25, 0.3) is 0 Å². The average Bonchev–Trinajstić information content (AvgIpc) is 2.29. The molecule has 0 bridgehead atoms. The van der Waals surface area contributed by atoms with Crippen LogP contribution in [0.1, 0.15) is 35.3 Å². The van der Waals surface area contributed by atoms with Crippen molar-refractivity contribution in [2.24, 2.45) is 0 Å². The monoisotopic (exact) mass is 200 g/mol. The van der Waals surface area contributed by atoms with Gasteiger partial charge in [-0.2, -0.15) is 0 Å². The van der Waals surface area contributed by atoms with Crippen molar-refractivity contribution in [3.05, 3.63) is 15.8 Å². The summed E-state index contributed by atoms with van der Waals surface area (Å²) in [6, 6.07) is 1.52. The van der Waals surface area contributed by atoms with E-state index in [1.54, 1.807) is 0 Å². The molecule has 1 rings (SSSR count). The number of carbonyl (C=O) groups is 1. The van der Waals surface area contributed by atoms with E-state index in [-0.39, 0.29) is 16.0 Å². The van der Waals surface area contributed by atoms with Crippen LogP contribution in [-0.4, -0.2) is 16.2 Å². The second kappa shape index (κ2) is 3.03. The molecule has 72 valence electrons. The van der Waals surface area contributed by atoms with E-state index in [2.05, 4.69) is 0 Å². The van der Waals surface area contributed by atoms with Crippen LogP contribution in [0.5, 0.6) is 5.75 Å². The molecule has 0 radical (unpaired) electrons. The minimum absolute atomic E-state index is 0.0184. The number of hydrogen-bond donors (Lipinski definition) is 2. The van der Waals surface area contributed by atoms with Crippen molar-refractivity contribution in [3.8, 4) is 5.75 Å². The molecule has 0 saturated heterocycles. The summed E-state index contributed by atoms with van der Waals surface area (Å²) in [6.07, 6.45) is 0. The summed E-state index contributed by atoms with van der Waals surface area (Å²) in [5, 5.41) is 18.0. The van der Waals surface area contributed by atoms with E-state index < -0.39 is 5.97 Å². The quantitative estimate of drug-likeness (QED) is 0.732. The molecule has 1 heterocycles. The topological polar surface area (TPSA) is 57.5 Å². The Morgan fingerprint density at radius 2 is 2.00 bits per heavy atom. The van der Waals surface area contributed by atoms with E-state index >= 15 is 0 Å². The van der Waals surface area contributed by atoms with Gasteiger partial charge in [0, 0.05) is 4.88 Å². The molecule has 4 heteroatoms. The van der Waals surface area contributed by atoms with Crippen molar-refractivity contribution < 1.29 is 15.0 Å². The van der Waals surface area contributed by atoms with Gasteiger partial charge in [-0.1, -0.05) is 20.8 Å². The molecule has 13 heavy (non-hydrogen) atoms. The molecule has 0 aliphatic rings. The Hall–Kier alpha value is -1.03. The molecule has 3 nitrogen and oxygen atoms in total. The number of aromatic carboxylic acids is 1. The smallest absolute Gasteiger partial charge is 0.349 e. The lowest BCUT2D eigenvalue weighted by molar-refractivity contribution is 0.0699. The van der Waals surface area contributed by atoms with E-state index in [1.807, 2.05) is 20.8 Å². The highest BCUT2D eigenvalue weighted by molar-refractivity contribution is 7.14. The number of hydrogen-bond acceptors (Lipinski definition) is 3. The number of aromatic hydroxyl groups is 1. The largest absolute Gasteiger partial charge is 0.506 e. The van der Waals surface area contributed by atoms with E-state index in [0.29, 0.717) is 0 Å². The third-order valence-electron chi connectivity index (χ3n) is 1.65. The minimum atomic E-state index is -1.07. The second-order valence-corrected chi connectivity index (χ2v) is 4.93. The molecule has 0 saturated carbocycles. The molecule has 0 aliphatic carbocycles. The summed E-state index contributed by atoms with van der Waals surface area (Å²) in [5.41, 5.74) is -0.115. The molecule has 0 atom stereocenters. The highest BCUT2D eigenvalue weighted by Crippen LogP contribution is 2.35. The summed E-state index contributed by atoms with van der Waals surface area (Å²) in [6.45, 7) is 5.93. The van der Waals surface area contributed by atoms with Crippen LogP contribution in [0.15, 0.2) is 6.07 Å². The van der Waals surface area contributed by atoms with Crippen LogP contribution in [0, 0.1) is 0 Å². The maximum Gasteiger partial charge on any atom is 0.349 e. The van der Waals surface area contributed by atoms with E-state index in [0.717, 1.165) is 16.2 Å². The first kappa shape index (κ1) is 10.1. The van der Waals surface area contributed by atoms with Gasteiger partial charge >= 0.3 is 5.97 Å². The lowest BCUT2D eigenvalue weighted by Crippen LogP contribution is -2.07. The zero-order chi connectivity index (χ0) is 10.2. The van der Waals surface area contributed by atoms with Gasteiger partial charge in [-0.25, -0.2) is 4.79 Å². The van der Waals surface area contributed by atoms with Gasteiger partial charge < -0.3 is 10.2 Å². The van der Waals surface area contributed by atoms with E-state index in [4.69, 9.17) is 5.11 Å². The maximum atomic E-state index is 10.6. The summed E-state index contributed by atoms with van der Waals surface area (Å²) >= 11 is 1.12. The molecular weight excluding hydrogens is 188 g/mol. The highest BCUT2D eigenvalue weighted by atomic mass is 32.1. The fourth-order valence-electron chi connectivity index (χ4n) is 0.904. The van der Waals surface area contributed by atoms with Gasteiger partial charge in [-0.15, -0.1) is 11.3 Å². The molecule has 0 aromatic carbocycles. The average molecular weight is 200 g/mol. The first-order valence-electron chi connectivity index (χ1n) is 3.89. The third-order valence-corrected chi connectivity index (χ3v) is 3.18. The lowest BCUT2D eigenvalue weighted by Gasteiger charge is -2.14. The second-order valence-electron chi connectivity index (χ2n) is 3.88. The van der Waals surface area contributed by atoms with Crippen molar-refractivity contribution >= 4 is 17.3 Å². The molecular formula is C9H12O3S. The van der Waals surface area contributed by atoms with Crippen LogP contribution in [0.4, 0.5) is 0 Å². The SMILES string of the molecule is CC(C)(C)c1cc(O)c(C(=O)O)s1. The van der Waals surface area contributed by atoms with Crippen molar-refractivity contribution in [1.82, 2.24) is 0 Å². The molecule has 0 amide bonds. The summed E-state index contributed by atoms with van der Waals surface area (Å²) < 4.78 is 0. The van der Waals surface area contributed by atoms with Gasteiger partial charge in [0.15, 0.2) is 4.88 Å². The first-order valence-corrected chi connectivity index (χ1v) is 4.70. The van der Waals surface area contributed by atoms with Gasteiger partial charge in [0.25, 0.3) is 0 Å².